The van der Waals surface area contributed by atoms with Crippen molar-refractivity contribution >= 4 is 98.3 Å². The summed E-state index contributed by atoms with van der Waals surface area (Å²) in [6.45, 7) is 7.64. The summed E-state index contributed by atoms with van der Waals surface area (Å²) < 4.78 is 22.8. The van der Waals surface area contributed by atoms with Gasteiger partial charge in [0.2, 0.25) is 0 Å². The molecule has 3 heterocycles. The molecule has 0 radical (unpaired) electrons. The summed E-state index contributed by atoms with van der Waals surface area (Å²) in [5.41, 5.74) is 16.7. The molecular weight excluding hydrogens is 1170 g/mol. The Morgan fingerprint density at radius 3 is 1.54 bits per heavy atom. The molecule has 0 aromatic carbocycles. The Hall–Kier alpha value is -3.09. The molecule has 16 N–H and O–H groups in total. The van der Waals surface area contributed by atoms with Crippen LogP contribution in [-0.4, -0.2) is 132 Å². The minimum atomic E-state index is -1.95. The van der Waals surface area contributed by atoms with Crippen molar-refractivity contribution in [3.05, 3.63) is 0 Å². The number of carbonyl (C=O) groups excluding carboxylic acids is 3. The second-order valence-electron chi connectivity index (χ2n) is 17.4. The molecule has 8 unspecified atom stereocenters. The predicted molar refractivity (Wildman–Crippen MR) is 294 cm³/mol. The summed E-state index contributed by atoms with van der Waals surface area (Å²) in [7, 11) is 0. The van der Waals surface area contributed by atoms with Crippen molar-refractivity contribution in [2.45, 2.75) is 229 Å². The van der Waals surface area contributed by atoms with Crippen LogP contribution in [0.2, 0.25) is 0 Å². The number of thioether (sulfide) groups is 1. The van der Waals surface area contributed by atoms with E-state index in [1.165, 1.54) is 6.42 Å². The van der Waals surface area contributed by atoms with Crippen LogP contribution in [0.3, 0.4) is 0 Å². The normalized spacial score (nSPS) is 19.6. The summed E-state index contributed by atoms with van der Waals surface area (Å²) in [6, 6.07) is 0.399. The van der Waals surface area contributed by atoms with Crippen molar-refractivity contribution in [1.82, 2.24) is 21.3 Å². The zero-order chi connectivity index (χ0) is 55.4. The molecule has 0 aliphatic carbocycles. The molecule has 26 heteroatoms. The fraction of sp³-hybridized carbons (Fsp3) is 0.822. The average molecular weight is 1260 g/mol. The van der Waals surface area contributed by atoms with Crippen molar-refractivity contribution < 1.29 is 68.6 Å². The number of unbranched alkanes of at least 4 members (excludes halogenated alkanes) is 10. The maximum absolute atomic E-state index is 11.1. The summed E-state index contributed by atoms with van der Waals surface area (Å²) >= 11 is -0.834. The molecule has 3 saturated heterocycles. The molecule has 22 nitrogen and oxygen atoms in total. The van der Waals surface area contributed by atoms with Gasteiger partial charge in [-0.2, -0.15) is 11.8 Å². The topological polar surface area (TPSA) is 405 Å². The number of carboxylic acid groups (broad SMARTS) is 5. The average Bonchev–Trinajstić information content (AvgIpc) is 3.98. The van der Waals surface area contributed by atoms with Crippen molar-refractivity contribution in [3.8, 4) is 0 Å². The molecule has 71 heavy (non-hydrogen) atoms. The van der Waals surface area contributed by atoms with Gasteiger partial charge in [0, 0.05) is 67.7 Å². The molecule has 0 bridgehead atoms. The molecule has 3 aliphatic heterocycles. The van der Waals surface area contributed by atoms with Gasteiger partial charge in [0.15, 0.2) is 0 Å². The number of carbonyl (C=O) groups is 8. The van der Waals surface area contributed by atoms with E-state index in [1.807, 2.05) is 25.6 Å². The Kier molecular flexibility index (Phi) is 47.2. The van der Waals surface area contributed by atoms with Crippen molar-refractivity contribution in [3.63, 3.8) is 0 Å². The van der Waals surface area contributed by atoms with Crippen LogP contribution >= 0.6 is 45.6 Å². The fourth-order valence-electron chi connectivity index (χ4n) is 6.84. The Morgan fingerprint density at radius 2 is 1.13 bits per heavy atom. The number of hydrogen-bond donors (Lipinski definition) is 13. The van der Waals surface area contributed by atoms with Crippen molar-refractivity contribution in [2.24, 2.45) is 17.2 Å². The maximum atomic E-state index is 11.1. The third-order valence-corrected chi connectivity index (χ3v) is 15.8. The number of rotatable bonds is 32. The van der Waals surface area contributed by atoms with E-state index >= 15 is 0 Å². The number of hydrogen-bond acceptors (Lipinski definition) is 14. The molecule has 3 aliphatic rings. The monoisotopic (exact) mass is 1260 g/mol. The van der Waals surface area contributed by atoms with E-state index in [-0.39, 0.29) is 85.8 Å². The van der Waals surface area contributed by atoms with E-state index in [4.69, 9.17) is 46.9 Å². The molecule has 0 aromatic heterocycles. The van der Waals surface area contributed by atoms with Crippen LogP contribution in [0.1, 0.15) is 182 Å². The van der Waals surface area contributed by atoms with Gasteiger partial charge in [-0.3, -0.25) is 28.8 Å². The van der Waals surface area contributed by atoms with Gasteiger partial charge in [0.25, 0.3) is 0 Å². The first-order valence-electron chi connectivity index (χ1n) is 24.9. The summed E-state index contributed by atoms with van der Waals surface area (Å²) in [5, 5.41) is 54.4. The molecular formula is C45H87BI2N8O14S. The quantitative estimate of drug-likeness (QED) is 0.0141. The van der Waals surface area contributed by atoms with Crippen molar-refractivity contribution in [2.75, 3.05) is 5.75 Å². The third kappa shape index (κ3) is 47.7. The van der Waals surface area contributed by atoms with Crippen LogP contribution in [0.15, 0.2) is 0 Å². The van der Waals surface area contributed by atoms with E-state index in [0.29, 0.717) is 29.5 Å². The number of amides is 4. The van der Waals surface area contributed by atoms with E-state index in [1.54, 1.807) is 6.92 Å². The molecule has 0 saturated carbocycles. The molecule has 4 amide bonds. The predicted octanol–water partition coefficient (Wildman–Crippen LogP) is 6.87. The van der Waals surface area contributed by atoms with Gasteiger partial charge < -0.3 is 64.0 Å². The van der Waals surface area contributed by atoms with Crippen LogP contribution in [-0.2, 0) is 33.5 Å². The van der Waals surface area contributed by atoms with Gasteiger partial charge in [-0.25, -0.2) is 9.59 Å². The van der Waals surface area contributed by atoms with Gasteiger partial charge in [-0.05, 0) is 78.6 Å². The standard InChI is InChI=1S/C10H16N2O3S.C10H18N2O3.C9H20N2O2.C9H17NO3.C7H14O2.BH2I2NO/c13-8(14)4-2-1-3-7-9-6(5-16-7)11-10(15)12-9;1-7-8(12-10(15)11-7)5-3-2-4-6-9(13)14;2*1-7(10)8(11)5-3-2-4-6-9(12)13;1-2-3-4-5-6-7(8)9;4-3-2-1-5/h6-7,9H,1-5H2,(H,13,14)(H2,11,12,15);7-8H,2-6H2,1H3,(H,13,14)(H2,11,12,15);7-8H,2-6,10-11H2,1H3,(H,12,13);7H,2-6,10H2,1H3,(H,12,13);2-6H2,1H3,(H,8,9);2,4H/i;;;;;2T. The number of urea groups is 2. The molecule has 3 rings (SSSR count). The number of Topliss-reactive ketones (excluding diaryl/α,β-unsaturated/α-hetero) is 1. The Labute approximate surface area is 441 Å². The van der Waals surface area contributed by atoms with Gasteiger partial charge in [0.05, 0.1) is 24.2 Å². The second-order valence-corrected chi connectivity index (χ2v) is 26.0. The molecule has 414 valence electrons. The molecule has 8 atom stereocenters. The number of halogens is 2. The van der Waals surface area contributed by atoms with Crippen LogP contribution in [0.4, 0.5) is 9.59 Å². The van der Waals surface area contributed by atoms with E-state index in [9.17, 15) is 43.1 Å². The van der Waals surface area contributed by atoms with E-state index in [0.717, 1.165) is 108 Å². The van der Waals surface area contributed by atoms with Gasteiger partial charge in [0.1, 0.15) is 5.78 Å². The van der Waals surface area contributed by atoms with Crippen molar-refractivity contribution in [1.29, 1.82) is 4.16 Å². The summed E-state index contributed by atoms with van der Waals surface area (Å²) in [5.74, 6) is -2.63. The first kappa shape index (κ1) is 70.0. The first-order valence-corrected chi connectivity index (χ1v) is 34.2. The zero-order valence-electron chi connectivity index (χ0n) is 43.2. The third-order valence-electron chi connectivity index (χ3n) is 11.0. The van der Waals surface area contributed by atoms with Crippen LogP contribution in [0.5, 0.6) is 0 Å². The van der Waals surface area contributed by atoms with E-state index < -0.39 is 63.7 Å². The molecule has 0 spiro atoms. The zero-order valence-corrected chi connectivity index (χ0v) is 47.3. The Morgan fingerprint density at radius 1 is 0.690 bits per heavy atom. The second kappa shape index (κ2) is 47.9. The Bertz CT molecular complexity index is 1580. The van der Waals surface area contributed by atoms with Gasteiger partial charge >= 0.3 is 89.6 Å². The number of nitrogens with one attached hydrogen (secondary N) is 5. The minimum absolute atomic E-state index is 0.0273. The van der Waals surface area contributed by atoms with Crippen LogP contribution < -0.4 is 38.5 Å². The summed E-state index contributed by atoms with van der Waals surface area (Å²) in [4.78, 5) is 83.9. The van der Waals surface area contributed by atoms with Gasteiger partial charge in [-0.1, -0.05) is 64.7 Å². The summed E-state index contributed by atoms with van der Waals surface area (Å²) in [6.07, 6.45) is 17.8. The van der Waals surface area contributed by atoms with Crippen LogP contribution in [0, 0.1) is 3.56 Å². The Balaban J connectivity index is -0.000000812. The van der Waals surface area contributed by atoms with Gasteiger partial charge in [-0.15, -0.1) is 0 Å². The number of fused-ring (bicyclic) bond motifs is 1. The number of nitrogens with two attached hydrogens (primary N) is 3. The number of ketones is 1. The van der Waals surface area contributed by atoms with E-state index in [2.05, 4.69) is 28.2 Å². The van der Waals surface area contributed by atoms with Crippen LogP contribution in [0.25, 0.3) is 0 Å². The molecule has 0 aromatic rings. The first-order chi connectivity index (χ1) is 33.9. The number of aliphatic carboxylic acids is 5. The molecule has 3 fully saturated rings. The number of carboxylic acids is 5. The SMILES string of the molecule is CC(N)C(=O)CCCCCC(=O)O.CC(N)C(N)CCCCCC(=O)O.CC1NC(=O)NC1CCCCCC(=O)O.CCCCCCC(=O)O.O=C(O)CCCCC1SCC2NC(=O)NC21.[3H]I(B=O)I=N. The fourth-order valence-corrected chi connectivity index (χ4v) is 9.13.